The first kappa shape index (κ1) is 12.9. The summed E-state index contributed by atoms with van der Waals surface area (Å²) < 4.78 is 10.3. The van der Waals surface area contributed by atoms with Gasteiger partial charge in [-0.3, -0.25) is 4.79 Å². The molecule has 1 aromatic heterocycles. The number of nitrogens with zero attached hydrogens (tertiary/aromatic N) is 1. The number of furan rings is 1. The number of carbonyl (C=O) groups is 1. The van der Waals surface area contributed by atoms with Crippen molar-refractivity contribution >= 4 is 12.1 Å². The highest BCUT2D eigenvalue weighted by atomic mass is 16.5. The third kappa shape index (κ3) is 3.70. The molecule has 1 N–H and O–H groups in total. The van der Waals surface area contributed by atoms with Crippen LogP contribution in [-0.2, 0) is 0 Å². The first-order chi connectivity index (χ1) is 9.29. The van der Waals surface area contributed by atoms with Crippen molar-refractivity contribution in [2.75, 3.05) is 6.61 Å². The zero-order valence-corrected chi connectivity index (χ0v) is 10.5. The van der Waals surface area contributed by atoms with Crippen LogP contribution in [0.2, 0.25) is 0 Å². The van der Waals surface area contributed by atoms with Gasteiger partial charge in [0.25, 0.3) is 5.91 Å². The molecule has 1 heterocycles. The molecular weight excluding hydrogens is 244 g/mol. The Hall–Kier alpha value is -2.56. The summed E-state index contributed by atoms with van der Waals surface area (Å²) in [6.45, 7) is 2.50. The molecule has 2 aromatic rings. The normalized spacial score (nSPS) is 10.6. The van der Waals surface area contributed by atoms with Crippen LogP contribution >= 0.6 is 0 Å². The molecule has 0 fully saturated rings. The van der Waals surface area contributed by atoms with Crippen molar-refractivity contribution in [2.24, 2.45) is 5.10 Å². The van der Waals surface area contributed by atoms with E-state index in [9.17, 15) is 4.79 Å². The average molecular weight is 258 g/mol. The zero-order valence-electron chi connectivity index (χ0n) is 10.5. The molecule has 0 spiro atoms. The molecule has 1 aromatic carbocycles. The van der Waals surface area contributed by atoms with Crippen LogP contribution < -0.4 is 10.2 Å². The van der Waals surface area contributed by atoms with Crippen molar-refractivity contribution in [3.63, 3.8) is 0 Å². The summed E-state index contributed by atoms with van der Waals surface area (Å²) in [4.78, 5) is 11.7. The molecule has 0 aliphatic carbocycles. The first-order valence-corrected chi connectivity index (χ1v) is 5.89. The summed E-state index contributed by atoms with van der Waals surface area (Å²) in [5, 5.41) is 3.80. The summed E-state index contributed by atoms with van der Waals surface area (Å²) in [6.07, 6.45) is 2.97. The van der Waals surface area contributed by atoms with E-state index >= 15 is 0 Å². The van der Waals surface area contributed by atoms with E-state index in [0.717, 1.165) is 5.75 Å². The number of rotatable bonds is 5. The van der Waals surface area contributed by atoms with Crippen LogP contribution in [0.5, 0.6) is 5.75 Å². The van der Waals surface area contributed by atoms with E-state index in [1.165, 1.54) is 12.5 Å². The molecule has 0 saturated heterocycles. The van der Waals surface area contributed by atoms with E-state index in [0.29, 0.717) is 17.9 Å². The van der Waals surface area contributed by atoms with Gasteiger partial charge in [-0.1, -0.05) is 0 Å². The van der Waals surface area contributed by atoms with E-state index in [-0.39, 0.29) is 5.91 Å². The molecule has 1 amide bonds. The maximum atomic E-state index is 11.7. The Morgan fingerprint density at radius 1 is 1.37 bits per heavy atom. The van der Waals surface area contributed by atoms with E-state index in [1.54, 1.807) is 36.4 Å². The minimum atomic E-state index is -0.286. The highest BCUT2D eigenvalue weighted by molar-refractivity contribution is 5.94. The van der Waals surface area contributed by atoms with Crippen molar-refractivity contribution in [1.29, 1.82) is 0 Å². The molecule has 0 bridgehead atoms. The average Bonchev–Trinajstić information content (AvgIpc) is 2.93. The van der Waals surface area contributed by atoms with Gasteiger partial charge in [-0.05, 0) is 43.3 Å². The van der Waals surface area contributed by atoms with Crippen LogP contribution in [0.3, 0.4) is 0 Å². The molecule has 5 heteroatoms. The lowest BCUT2D eigenvalue weighted by atomic mass is 10.2. The van der Waals surface area contributed by atoms with Gasteiger partial charge in [0, 0.05) is 5.56 Å². The van der Waals surface area contributed by atoms with Crippen molar-refractivity contribution in [3.8, 4) is 5.75 Å². The summed E-state index contributed by atoms with van der Waals surface area (Å²) in [5.74, 6) is 1.02. The Balaban J connectivity index is 1.92. The van der Waals surface area contributed by atoms with Gasteiger partial charge in [0.15, 0.2) is 0 Å². The Kier molecular flexibility index (Phi) is 4.34. The van der Waals surface area contributed by atoms with E-state index in [1.807, 2.05) is 6.92 Å². The minimum absolute atomic E-state index is 0.286. The Morgan fingerprint density at radius 2 is 2.16 bits per heavy atom. The summed E-state index contributed by atoms with van der Waals surface area (Å²) in [7, 11) is 0. The summed E-state index contributed by atoms with van der Waals surface area (Å²) >= 11 is 0. The van der Waals surface area contributed by atoms with Crippen molar-refractivity contribution < 1.29 is 13.9 Å². The molecule has 2 rings (SSSR count). The van der Waals surface area contributed by atoms with Crippen LogP contribution in [0, 0.1) is 0 Å². The molecule has 0 radical (unpaired) electrons. The van der Waals surface area contributed by atoms with E-state index in [4.69, 9.17) is 9.15 Å². The summed E-state index contributed by atoms with van der Waals surface area (Å²) in [5.41, 5.74) is 2.93. The van der Waals surface area contributed by atoms with Crippen LogP contribution in [0.1, 0.15) is 23.0 Å². The minimum Gasteiger partial charge on any atom is -0.494 e. The van der Waals surface area contributed by atoms with Gasteiger partial charge < -0.3 is 9.15 Å². The fourth-order valence-corrected chi connectivity index (χ4v) is 1.45. The number of amides is 1. The lowest BCUT2D eigenvalue weighted by Gasteiger charge is -2.03. The van der Waals surface area contributed by atoms with Crippen LogP contribution in [0.4, 0.5) is 0 Å². The van der Waals surface area contributed by atoms with Crippen molar-refractivity contribution in [1.82, 2.24) is 5.43 Å². The van der Waals surface area contributed by atoms with Crippen LogP contribution in [0.25, 0.3) is 0 Å². The first-order valence-electron chi connectivity index (χ1n) is 5.89. The highest BCUT2D eigenvalue weighted by Crippen LogP contribution is 2.11. The molecule has 0 unspecified atom stereocenters. The second kappa shape index (κ2) is 6.39. The number of benzene rings is 1. The topological polar surface area (TPSA) is 63.8 Å². The molecule has 0 atom stereocenters. The number of hydrogen-bond donors (Lipinski definition) is 1. The smallest absolute Gasteiger partial charge is 0.271 e. The van der Waals surface area contributed by atoms with E-state index in [2.05, 4.69) is 10.5 Å². The molecule has 19 heavy (non-hydrogen) atoms. The van der Waals surface area contributed by atoms with Crippen LogP contribution in [0.15, 0.2) is 52.2 Å². The van der Waals surface area contributed by atoms with Gasteiger partial charge in [0.05, 0.1) is 19.1 Å². The van der Waals surface area contributed by atoms with Gasteiger partial charge in [-0.15, -0.1) is 0 Å². The van der Waals surface area contributed by atoms with Crippen molar-refractivity contribution in [3.05, 3.63) is 54.0 Å². The van der Waals surface area contributed by atoms with E-state index < -0.39 is 0 Å². The van der Waals surface area contributed by atoms with Crippen molar-refractivity contribution in [2.45, 2.75) is 6.92 Å². The Labute approximate surface area is 110 Å². The van der Waals surface area contributed by atoms with Gasteiger partial charge in [-0.2, -0.15) is 5.10 Å². The Morgan fingerprint density at radius 3 is 2.79 bits per heavy atom. The molecule has 5 nitrogen and oxygen atoms in total. The lowest BCUT2D eigenvalue weighted by Crippen LogP contribution is -2.17. The van der Waals surface area contributed by atoms with Gasteiger partial charge in [0.1, 0.15) is 11.5 Å². The third-order valence-corrected chi connectivity index (χ3v) is 2.33. The van der Waals surface area contributed by atoms with Gasteiger partial charge >= 0.3 is 0 Å². The van der Waals surface area contributed by atoms with Crippen LogP contribution in [-0.4, -0.2) is 18.7 Å². The zero-order chi connectivity index (χ0) is 13.5. The molecule has 0 aliphatic heterocycles. The molecule has 0 saturated carbocycles. The largest absolute Gasteiger partial charge is 0.494 e. The quantitative estimate of drug-likeness (QED) is 0.661. The number of hydrogen-bond acceptors (Lipinski definition) is 4. The fourth-order valence-electron chi connectivity index (χ4n) is 1.45. The maximum Gasteiger partial charge on any atom is 0.271 e. The standard InChI is InChI=1S/C14H14N2O3/c1-2-18-12-7-5-11(6-8-12)14(17)16-15-10-13-4-3-9-19-13/h3-10H,2H2,1H3,(H,16,17). The second-order valence-electron chi connectivity index (χ2n) is 3.67. The molecule has 98 valence electrons. The molecular formula is C14H14N2O3. The Bertz CT molecular complexity index is 545. The van der Waals surface area contributed by atoms with Gasteiger partial charge in [0.2, 0.25) is 0 Å². The number of ether oxygens (including phenoxy) is 1. The maximum absolute atomic E-state index is 11.7. The third-order valence-electron chi connectivity index (χ3n) is 2.33. The predicted octanol–water partition coefficient (Wildman–Crippen LogP) is 2.44. The number of carbonyl (C=O) groups excluding carboxylic acids is 1. The fraction of sp³-hybridized carbons (Fsp3) is 0.143. The second-order valence-corrected chi connectivity index (χ2v) is 3.67. The number of hydrazone groups is 1. The van der Waals surface area contributed by atoms with Gasteiger partial charge in [-0.25, -0.2) is 5.43 Å². The monoisotopic (exact) mass is 258 g/mol. The lowest BCUT2D eigenvalue weighted by molar-refractivity contribution is 0.0955. The molecule has 0 aliphatic rings. The SMILES string of the molecule is CCOc1ccc(C(=O)NN=Cc2ccco2)cc1. The number of nitrogens with one attached hydrogen (secondary N) is 1. The summed E-state index contributed by atoms with van der Waals surface area (Å²) in [6, 6.07) is 10.3. The predicted molar refractivity (Wildman–Crippen MR) is 71.4 cm³/mol. The highest BCUT2D eigenvalue weighted by Gasteiger charge is 2.03.